The minimum absolute atomic E-state index is 0.199. The monoisotopic (exact) mass is 470 g/mol. The Labute approximate surface area is 202 Å². The van der Waals surface area contributed by atoms with E-state index in [2.05, 4.69) is 49.1 Å². The number of nitrogens with zero attached hydrogens (tertiary/aromatic N) is 2. The Balaban J connectivity index is 1.77. The first-order valence-corrected chi connectivity index (χ1v) is 12.7. The molecule has 5 heteroatoms. The zero-order valence-corrected chi connectivity index (χ0v) is 20.5. The van der Waals surface area contributed by atoms with Gasteiger partial charge in [-0.3, -0.25) is 0 Å². The van der Waals surface area contributed by atoms with Crippen LogP contribution in [0.1, 0.15) is 75.5 Å². The quantitative estimate of drug-likeness (QED) is 0.335. The van der Waals surface area contributed by atoms with Crippen LogP contribution in [0.5, 0.6) is 0 Å². The van der Waals surface area contributed by atoms with Crippen molar-refractivity contribution in [2.45, 2.75) is 82.8 Å². The average Bonchev–Trinajstić information content (AvgIpc) is 3.38. The molecule has 1 aliphatic rings. The fraction of sp³-hybridized carbons (Fsp3) is 0.552. The van der Waals surface area contributed by atoms with Gasteiger partial charge in [-0.25, -0.2) is 0 Å². The molecule has 0 aromatic heterocycles. The highest BCUT2D eigenvalue weighted by Gasteiger charge is 2.42. The Kier molecular flexibility index (Phi) is 9.19. The summed E-state index contributed by atoms with van der Waals surface area (Å²) >= 11 is 0. The van der Waals surface area contributed by atoms with E-state index in [-0.39, 0.29) is 5.92 Å². The van der Waals surface area contributed by atoms with Crippen molar-refractivity contribution in [1.82, 2.24) is 4.90 Å². The van der Waals surface area contributed by atoms with Gasteiger partial charge in [0.05, 0.1) is 17.0 Å². The summed E-state index contributed by atoms with van der Waals surface area (Å²) in [5.74, 6) is 0.199. The van der Waals surface area contributed by atoms with Gasteiger partial charge >= 0.3 is 6.18 Å². The molecule has 0 bridgehead atoms. The predicted molar refractivity (Wildman–Crippen MR) is 131 cm³/mol. The van der Waals surface area contributed by atoms with E-state index < -0.39 is 17.2 Å². The molecule has 184 valence electrons. The SMILES string of the molecule is CCCN(CCc1ccccc1)C(C)CCC(C#N)(c1ccc(C(F)(F)F)cc1)C1CCCC1. The molecule has 1 aliphatic carbocycles. The van der Waals surface area contributed by atoms with Gasteiger partial charge in [0.15, 0.2) is 0 Å². The molecule has 0 spiro atoms. The number of halogens is 3. The van der Waals surface area contributed by atoms with E-state index in [0.717, 1.165) is 75.7 Å². The van der Waals surface area contributed by atoms with Crippen LogP contribution in [0.4, 0.5) is 13.2 Å². The van der Waals surface area contributed by atoms with Gasteiger partial charge in [-0.1, -0.05) is 62.2 Å². The van der Waals surface area contributed by atoms with Crippen molar-refractivity contribution >= 4 is 0 Å². The fourth-order valence-electron chi connectivity index (χ4n) is 5.55. The number of nitriles is 1. The topological polar surface area (TPSA) is 27.0 Å². The van der Waals surface area contributed by atoms with Crippen LogP contribution in [-0.2, 0) is 18.0 Å². The lowest BCUT2D eigenvalue weighted by Gasteiger charge is -2.36. The lowest BCUT2D eigenvalue weighted by Crippen LogP contribution is -2.39. The van der Waals surface area contributed by atoms with E-state index in [4.69, 9.17) is 0 Å². The molecular weight excluding hydrogens is 433 g/mol. The Hall–Kier alpha value is -2.32. The van der Waals surface area contributed by atoms with E-state index in [9.17, 15) is 18.4 Å². The van der Waals surface area contributed by atoms with Crippen LogP contribution >= 0.6 is 0 Å². The molecule has 2 unspecified atom stereocenters. The average molecular weight is 471 g/mol. The largest absolute Gasteiger partial charge is 0.416 e. The van der Waals surface area contributed by atoms with E-state index in [1.54, 1.807) is 12.1 Å². The van der Waals surface area contributed by atoms with Crippen molar-refractivity contribution in [2.75, 3.05) is 13.1 Å². The maximum Gasteiger partial charge on any atom is 0.416 e. The van der Waals surface area contributed by atoms with Gasteiger partial charge in [-0.15, -0.1) is 0 Å². The van der Waals surface area contributed by atoms with E-state index >= 15 is 0 Å². The Bertz CT molecular complexity index is 911. The molecule has 0 heterocycles. The summed E-state index contributed by atoms with van der Waals surface area (Å²) in [5, 5.41) is 10.4. The number of benzene rings is 2. The number of rotatable bonds is 11. The first-order valence-electron chi connectivity index (χ1n) is 12.7. The molecule has 2 aromatic carbocycles. The molecule has 3 rings (SSSR count). The van der Waals surface area contributed by atoms with Gasteiger partial charge in [0.1, 0.15) is 0 Å². The van der Waals surface area contributed by atoms with Crippen molar-refractivity contribution in [2.24, 2.45) is 5.92 Å². The van der Waals surface area contributed by atoms with Crippen molar-refractivity contribution in [3.05, 3.63) is 71.3 Å². The molecule has 2 atom stereocenters. The molecule has 2 aromatic rings. The second kappa shape index (κ2) is 11.9. The maximum atomic E-state index is 13.1. The van der Waals surface area contributed by atoms with Gasteiger partial charge in [-0.2, -0.15) is 18.4 Å². The van der Waals surface area contributed by atoms with Crippen LogP contribution in [0.25, 0.3) is 0 Å². The third-order valence-corrected chi connectivity index (χ3v) is 7.60. The second-order valence-corrected chi connectivity index (χ2v) is 9.80. The summed E-state index contributed by atoms with van der Waals surface area (Å²) < 4.78 is 39.4. The van der Waals surface area contributed by atoms with E-state index in [0.29, 0.717) is 12.5 Å². The lowest BCUT2D eigenvalue weighted by molar-refractivity contribution is -0.137. The standard InChI is InChI=1S/C29H37F3N2/c1-3-20-34(21-18-24-9-5-4-6-10-24)23(2)17-19-28(22-33,25-11-7-8-12-25)26-13-15-27(16-14-26)29(30,31)32/h4-6,9-10,13-16,23,25H,3,7-8,11-12,17-21H2,1-2H3. The number of hydrogen-bond donors (Lipinski definition) is 0. The van der Waals surface area contributed by atoms with Crippen LogP contribution in [0.15, 0.2) is 54.6 Å². The van der Waals surface area contributed by atoms with Crippen LogP contribution < -0.4 is 0 Å². The van der Waals surface area contributed by atoms with Crippen LogP contribution in [0.3, 0.4) is 0 Å². The third-order valence-electron chi connectivity index (χ3n) is 7.60. The van der Waals surface area contributed by atoms with Gasteiger partial charge < -0.3 is 4.90 Å². The zero-order valence-electron chi connectivity index (χ0n) is 20.5. The van der Waals surface area contributed by atoms with Crippen molar-refractivity contribution in [1.29, 1.82) is 5.26 Å². The van der Waals surface area contributed by atoms with Crippen LogP contribution in [0.2, 0.25) is 0 Å². The second-order valence-electron chi connectivity index (χ2n) is 9.80. The molecule has 0 aliphatic heterocycles. The number of alkyl halides is 3. The van der Waals surface area contributed by atoms with Crippen LogP contribution in [-0.4, -0.2) is 24.0 Å². The van der Waals surface area contributed by atoms with Crippen molar-refractivity contribution in [3.63, 3.8) is 0 Å². The highest BCUT2D eigenvalue weighted by molar-refractivity contribution is 5.37. The molecule has 1 fully saturated rings. The van der Waals surface area contributed by atoms with Gasteiger partial charge in [0.2, 0.25) is 0 Å². The molecule has 0 radical (unpaired) electrons. The Morgan fingerprint density at radius 3 is 2.15 bits per heavy atom. The van der Waals surface area contributed by atoms with Gasteiger partial charge in [0, 0.05) is 12.6 Å². The van der Waals surface area contributed by atoms with Crippen LogP contribution in [0, 0.1) is 17.2 Å². The van der Waals surface area contributed by atoms with Crippen molar-refractivity contribution in [3.8, 4) is 6.07 Å². The summed E-state index contributed by atoms with van der Waals surface area (Å²) in [6, 6.07) is 18.8. The Morgan fingerprint density at radius 1 is 0.971 bits per heavy atom. The highest BCUT2D eigenvalue weighted by Crippen LogP contribution is 2.46. The highest BCUT2D eigenvalue weighted by atomic mass is 19.4. The predicted octanol–water partition coefficient (Wildman–Crippen LogP) is 7.78. The summed E-state index contributed by atoms with van der Waals surface area (Å²) in [7, 11) is 0. The Morgan fingerprint density at radius 2 is 1.59 bits per heavy atom. The number of hydrogen-bond acceptors (Lipinski definition) is 2. The molecule has 2 nitrogen and oxygen atoms in total. The summed E-state index contributed by atoms with van der Waals surface area (Å²) in [6.07, 6.45) is 3.30. The molecule has 0 saturated heterocycles. The first-order chi connectivity index (χ1) is 16.3. The van der Waals surface area contributed by atoms with Crippen molar-refractivity contribution < 1.29 is 13.2 Å². The molecule has 0 amide bonds. The van der Waals surface area contributed by atoms with Gasteiger partial charge in [-0.05, 0) is 81.2 Å². The summed E-state index contributed by atoms with van der Waals surface area (Å²) in [6.45, 7) is 6.37. The normalized spacial score (nSPS) is 17.4. The summed E-state index contributed by atoms with van der Waals surface area (Å²) in [4.78, 5) is 2.50. The van der Waals surface area contributed by atoms with E-state index in [1.807, 2.05) is 6.07 Å². The van der Waals surface area contributed by atoms with E-state index in [1.165, 1.54) is 5.56 Å². The molecule has 0 N–H and O–H groups in total. The molecule has 34 heavy (non-hydrogen) atoms. The smallest absolute Gasteiger partial charge is 0.300 e. The zero-order chi connectivity index (χ0) is 24.6. The lowest BCUT2D eigenvalue weighted by atomic mass is 9.67. The maximum absolute atomic E-state index is 13.1. The fourth-order valence-corrected chi connectivity index (χ4v) is 5.55. The molecule has 1 saturated carbocycles. The van der Waals surface area contributed by atoms with Gasteiger partial charge in [0.25, 0.3) is 0 Å². The third kappa shape index (κ3) is 6.42. The minimum atomic E-state index is -4.37. The molecular formula is C29H37F3N2. The summed E-state index contributed by atoms with van der Waals surface area (Å²) in [5.41, 5.74) is 0.677. The minimum Gasteiger partial charge on any atom is -0.300 e. The first kappa shape index (κ1) is 26.3.